The Labute approximate surface area is 167 Å². The zero-order valence-corrected chi connectivity index (χ0v) is 16.3. The Kier molecular flexibility index (Phi) is 5.77. The minimum Gasteiger partial charge on any atom is -0.402 e. The quantitative estimate of drug-likeness (QED) is 0.619. The van der Waals surface area contributed by atoms with E-state index in [0.717, 1.165) is 28.8 Å². The summed E-state index contributed by atoms with van der Waals surface area (Å²) in [6, 6.07) is 10.9. The van der Waals surface area contributed by atoms with Crippen LogP contribution in [0.4, 0.5) is 13.2 Å². The first kappa shape index (κ1) is 20.6. The molecule has 0 spiro atoms. The molecule has 152 valence electrons. The summed E-state index contributed by atoms with van der Waals surface area (Å²) in [6.07, 6.45) is -2.19. The molecule has 0 aromatic heterocycles. The van der Waals surface area contributed by atoms with E-state index >= 15 is 0 Å². The van der Waals surface area contributed by atoms with Gasteiger partial charge in [-0.15, -0.1) is 0 Å². The SMILES string of the molecule is CN=CC(C(=O)N1CCc2ccc(-c3ccc(C(F)(F)F)cc3)cc2C1)=C(C)N. The van der Waals surface area contributed by atoms with Gasteiger partial charge < -0.3 is 10.6 Å². The molecule has 1 heterocycles. The smallest absolute Gasteiger partial charge is 0.402 e. The first-order chi connectivity index (χ1) is 13.7. The zero-order chi connectivity index (χ0) is 21.2. The molecule has 2 aromatic rings. The van der Waals surface area contributed by atoms with E-state index in [1.807, 2.05) is 18.2 Å². The van der Waals surface area contributed by atoms with Crippen LogP contribution in [0.2, 0.25) is 0 Å². The largest absolute Gasteiger partial charge is 0.416 e. The van der Waals surface area contributed by atoms with Gasteiger partial charge in [0, 0.05) is 32.0 Å². The summed E-state index contributed by atoms with van der Waals surface area (Å²) in [5.41, 5.74) is 9.54. The van der Waals surface area contributed by atoms with Crippen molar-refractivity contribution in [2.24, 2.45) is 10.7 Å². The number of benzene rings is 2. The van der Waals surface area contributed by atoms with Crippen LogP contribution in [0.15, 0.2) is 58.7 Å². The van der Waals surface area contributed by atoms with Gasteiger partial charge in [-0.2, -0.15) is 13.2 Å². The lowest BCUT2D eigenvalue weighted by Crippen LogP contribution is -2.37. The second kappa shape index (κ2) is 8.11. The highest BCUT2D eigenvalue weighted by Gasteiger charge is 2.30. The fourth-order valence-corrected chi connectivity index (χ4v) is 3.39. The highest BCUT2D eigenvalue weighted by Crippen LogP contribution is 2.32. The van der Waals surface area contributed by atoms with Crippen molar-refractivity contribution in [3.8, 4) is 11.1 Å². The number of carbonyl (C=O) groups is 1. The molecule has 0 bridgehead atoms. The van der Waals surface area contributed by atoms with Crippen LogP contribution in [0.1, 0.15) is 23.6 Å². The third kappa shape index (κ3) is 4.50. The molecule has 7 heteroatoms. The Bertz CT molecular complexity index is 972. The van der Waals surface area contributed by atoms with E-state index in [1.165, 1.54) is 18.3 Å². The molecule has 2 aromatic carbocycles. The molecule has 0 radical (unpaired) electrons. The van der Waals surface area contributed by atoms with Gasteiger partial charge in [-0.1, -0.05) is 24.3 Å². The van der Waals surface area contributed by atoms with Gasteiger partial charge in [-0.3, -0.25) is 9.79 Å². The number of carbonyl (C=O) groups excluding carboxylic acids is 1. The van der Waals surface area contributed by atoms with Crippen LogP contribution in [0.3, 0.4) is 0 Å². The van der Waals surface area contributed by atoms with Gasteiger partial charge in [-0.05, 0) is 53.8 Å². The Hall–Kier alpha value is -3.09. The Morgan fingerprint density at radius 1 is 1.10 bits per heavy atom. The van der Waals surface area contributed by atoms with Crippen LogP contribution in [0.5, 0.6) is 0 Å². The number of nitrogens with zero attached hydrogens (tertiary/aromatic N) is 2. The number of hydrogen-bond acceptors (Lipinski definition) is 3. The second-order valence-electron chi connectivity index (χ2n) is 7.02. The van der Waals surface area contributed by atoms with Crippen molar-refractivity contribution in [2.45, 2.75) is 26.1 Å². The topological polar surface area (TPSA) is 58.7 Å². The number of nitrogens with two attached hydrogens (primary N) is 1. The van der Waals surface area contributed by atoms with Gasteiger partial charge in [-0.25, -0.2) is 0 Å². The molecule has 1 aliphatic rings. The molecular formula is C22H22F3N3O. The van der Waals surface area contributed by atoms with Crippen molar-refractivity contribution in [1.82, 2.24) is 4.90 Å². The molecule has 29 heavy (non-hydrogen) atoms. The molecule has 4 nitrogen and oxygen atoms in total. The third-order valence-corrected chi connectivity index (χ3v) is 4.96. The van der Waals surface area contributed by atoms with E-state index in [-0.39, 0.29) is 5.91 Å². The number of allylic oxidation sites excluding steroid dienone is 1. The molecule has 0 unspecified atom stereocenters. The zero-order valence-electron chi connectivity index (χ0n) is 16.3. The normalized spacial score (nSPS) is 15.3. The monoisotopic (exact) mass is 401 g/mol. The molecule has 0 aliphatic carbocycles. The fourth-order valence-electron chi connectivity index (χ4n) is 3.39. The number of aliphatic imine (C=N–C) groups is 1. The van der Waals surface area contributed by atoms with Gasteiger partial charge in [0.2, 0.25) is 0 Å². The number of hydrogen-bond donors (Lipinski definition) is 1. The van der Waals surface area contributed by atoms with Gasteiger partial charge in [0.1, 0.15) is 0 Å². The highest BCUT2D eigenvalue weighted by molar-refractivity contribution is 6.12. The minimum atomic E-state index is -4.36. The van der Waals surface area contributed by atoms with E-state index in [4.69, 9.17) is 5.73 Å². The van der Waals surface area contributed by atoms with Crippen LogP contribution < -0.4 is 5.73 Å². The molecule has 0 atom stereocenters. The number of rotatable bonds is 3. The van der Waals surface area contributed by atoms with Crippen LogP contribution in [-0.4, -0.2) is 30.6 Å². The van der Waals surface area contributed by atoms with Crippen LogP contribution in [0.25, 0.3) is 11.1 Å². The van der Waals surface area contributed by atoms with Gasteiger partial charge >= 0.3 is 6.18 Å². The molecule has 2 N–H and O–H groups in total. The first-order valence-electron chi connectivity index (χ1n) is 9.18. The van der Waals surface area contributed by atoms with Crippen molar-refractivity contribution in [3.63, 3.8) is 0 Å². The van der Waals surface area contributed by atoms with Crippen molar-refractivity contribution >= 4 is 12.1 Å². The molecule has 1 aliphatic heterocycles. The van der Waals surface area contributed by atoms with Crippen LogP contribution in [0, 0.1) is 0 Å². The predicted molar refractivity (Wildman–Crippen MR) is 107 cm³/mol. The third-order valence-electron chi connectivity index (χ3n) is 4.96. The fraction of sp³-hybridized carbons (Fsp3) is 0.273. The number of fused-ring (bicyclic) bond motifs is 1. The van der Waals surface area contributed by atoms with Crippen molar-refractivity contribution < 1.29 is 18.0 Å². The summed E-state index contributed by atoms with van der Waals surface area (Å²) in [6.45, 7) is 2.65. The molecular weight excluding hydrogens is 379 g/mol. The van der Waals surface area contributed by atoms with Crippen LogP contribution in [-0.2, 0) is 23.9 Å². The Morgan fingerprint density at radius 2 is 1.76 bits per heavy atom. The molecule has 0 saturated heterocycles. The van der Waals surface area contributed by atoms with E-state index in [9.17, 15) is 18.0 Å². The Morgan fingerprint density at radius 3 is 2.34 bits per heavy atom. The maximum atomic E-state index is 12.8. The summed E-state index contributed by atoms with van der Waals surface area (Å²) in [4.78, 5) is 18.4. The standard InChI is InChI=1S/C22H22F3N3O/c1-14(26)20(12-27-2)21(29)28-10-9-16-3-4-17(11-18(16)13-28)15-5-7-19(8-6-15)22(23,24)25/h3-8,11-12H,9-10,13,26H2,1-2H3. The maximum Gasteiger partial charge on any atom is 0.416 e. The van der Waals surface area contributed by atoms with Gasteiger partial charge in [0.25, 0.3) is 5.91 Å². The predicted octanol–water partition coefficient (Wildman–Crippen LogP) is 4.19. The lowest BCUT2D eigenvalue weighted by Gasteiger charge is -2.30. The summed E-state index contributed by atoms with van der Waals surface area (Å²) in [7, 11) is 1.58. The molecule has 0 fully saturated rings. The molecule has 0 saturated carbocycles. The summed E-state index contributed by atoms with van der Waals surface area (Å²) in [5.74, 6) is -0.179. The van der Waals surface area contributed by atoms with Gasteiger partial charge in [0.05, 0.1) is 11.1 Å². The van der Waals surface area contributed by atoms with Crippen molar-refractivity contribution in [1.29, 1.82) is 0 Å². The van der Waals surface area contributed by atoms with Crippen molar-refractivity contribution in [3.05, 3.63) is 70.4 Å². The summed E-state index contributed by atoms with van der Waals surface area (Å²) < 4.78 is 38.3. The average Bonchev–Trinajstić information content (AvgIpc) is 2.70. The van der Waals surface area contributed by atoms with Gasteiger partial charge in [0.15, 0.2) is 0 Å². The summed E-state index contributed by atoms with van der Waals surface area (Å²) >= 11 is 0. The first-order valence-corrected chi connectivity index (χ1v) is 9.18. The number of amides is 1. The van der Waals surface area contributed by atoms with E-state index in [0.29, 0.717) is 36.3 Å². The highest BCUT2D eigenvalue weighted by atomic mass is 19.4. The molecule has 1 amide bonds. The summed E-state index contributed by atoms with van der Waals surface area (Å²) in [5, 5.41) is 0. The number of halogens is 3. The Balaban J connectivity index is 1.86. The van der Waals surface area contributed by atoms with E-state index < -0.39 is 11.7 Å². The van der Waals surface area contributed by atoms with E-state index in [1.54, 1.807) is 18.9 Å². The van der Waals surface area contributed by atoms with Crippen LogP contribution >= 0.6 is 0 Å². The lowest BCUT2D eigenvalue weighted by atomic mass is 9.94. The molecule has 3 rings (SSSR count). The maximum absolute atomic E-state index is 12.8. The van der Waals surface area contributed by atoms with Crippen molar-refractivity contribution in [2.75, 3.05) is 13.6 Å². The lowest BCUT2D eigenvalue weighted by molar-refractivity contribution is -0.137. The van der Waals surface area contributed by atoms with E-state index in [2.05, 4.69) is 4.99 Å². The number of alkyl halides is 3. The average molecular weight is 401 g/mol. The second-order valence-corrected chi connectivity index (χ2v) is 7.02. The minimum absolute atomic E-state index is 0.179.